The summed E-state index contributed by atoms with van der Waals surface area (Å²) in [6.07, 6.45) is 1.57. The second-order valence-electron chi connectivity index (χ2n) is 9.68. The van der Waals surface area contributed by atoms with Crippen molar-refractivity contribution in [2.45, 2.75) is 23.5 Å². The highest BCUT2D eigenvalue weighted by Gasteiger charge is 2.40. The van der Waals surface area contributed by atoms with E-state index in [1.54, 1.807) is 78.9 Å². The van der Waals surface area contributed by atoms with Gasteiger partial charge in [-0.05, 0) is 79.7 Å². The molecule has 1 atom stereocenters. The summed E-state index contributed by atoms with van der Waals surface area (Å²) in [5, 5.41) is 4.89. The Labute approximate surface area is 257 Å². The van der Waals surface area contributed by atoms with Crippen LogP contribution in [0.2, 0.25) is 0 Å². The maximum Gasteiger partial charge on any atom is 0.272 e. The zero-order valence-electron chi connectivity index (χ0n) is 23.7. The lowest BCUT2D eigenvalue weighted by Crippen LogP contribution is -2.31. The Morgan fingerprint density at radius 2 is 1.61 bits per heavy atom. The Bertz CT molecular complexity index is 1710. The number of rotatable bonds is 10. The van der Waals surface area contributed by atoms with Crippen molar-refractivity contribution in [1.29, 1.82) is 0 Å². The molecular formula is C34H28FN3O5S. The van der Waals surface area contributed by atoms with E-state index in [1.165, 1.54) is 36.0 Å². The first-order valence-electron chi connectivity index (χ1n) is 13.8. The van der Waals surface area contributed by atoms with E-state index in [2.05, 4.69) is 10.6 Å². The van der Waals surface area contributed by atoms with E-state index in [0.29, 0.717) is 39.8 Å². The maximum atomic E-state index is 13.4. The van der Waals surface area contributed by atoms with Crippen molar-refractivity contribution in [2.75, 3.05) is 16.8 Å². The fourth-order valence-corrected chi connectivity index (χ4v) is 5.58. The molecular weight excluding hydrogens is 581 g/mol. The third-order valence-corrected chi connectivity index (χ3v) is 7.83. The van der Waals surface area contributed by atoms with Gasteiger partial charge in [0.05, 0.1) is 17.5 Å². The lowest BCUT2D eigenvalue weighted by atomic mass is 10.1. The number of amides is 4. The fourth-order valence-electron chi connectivity index (χ4n) is 4.52. The summed E-state index contributed by atoms with van der Waals surface area (Å²) in [5.74, 6) is -1.62. The average molecular weight is 610 g/mol. The third kappa shape index (κ3) is 7.22. The number of halogens is 1. The number of benzene rings is 4. The van der Waals surface area contributed by atoms with Gasteiger partial charge < -0.3 is 15.4 Å². The molecule has 0 spiro atoms. The Kier molecular flexibility index (Phi) is 9.51. The van der Waals surface area contributed by atoms with Gasteiger partial charge in [0.1, 0.15) is 17.3 Å². The number of imide groups is 1. The molecule has 0 radical (unpaired) electrons. The van der Waals surface area contributed by atoms with Crippen LogP contribution in [0.5, 0.6) is 5.75 Å². The second-order valence-corrected chi connectivity index (χ2v) is 11.0. The monoisotopic (exact) mass is 609 g/mol. The van der Waals surface area contributed by atoms with Crippen molar-refractivity contribution in [2.24, 2.45) is 0 Å². The van der Waals surface area contributed by atoms with Crippen molar-refractivity contribution >= 4 is 52.8 Å². The molecule has 5 rings (SSSR count). The van der Waals surface area contributed by atoms with Gasteiger partial charge in [0.2, 0.25) is 11.8 Å². The SMILES string of the molecule is CCOc1ccccc1/C=C(\NC(=O)c1ccccc1)C(=O)Nc1ccc(SC2CC(=O)N(c3ccc(F)cc3)C2=O)cc1. The van der Waals surface area contributed by atoms with E-state index in [0.717, 1.165) is 4.90 Å². The van der Waals surface area contributed by atoms with Crippen LogP contribution in [0.3, 0.4) is 0 Å². The number of carbonyl (C=O) groups is 4. The van der Waals surface area contributed by atoms with E-state index >= 15 is 0 Å². The topological polar surface area (TPSA) is 105 Å². The minimum Gasteiger partial charge on any atom is -0.493 e. The van der Waals surface area contributed by atoms with Gasteiger partial charge in [-0.15, -0.1) is 11.8 Å². The molecule has 4 aromatic carbocycles. The molecule has 44 heavy (non-hydrogen) atoms. The lowest BCUT2D eigenvalue weighted by molar-refractivity contribution is -0.121. The largest absolute Gasteiger partial charge is 0.493 e. The second kappa shape index (κ2) is 13.8. The van der Waals surface area contributed by atoms with Crippen molar-refractivity contribution in [3.63, 3.8) is 0 Å². The summed E-state index contributed by atoms with van der Waals surface area (Å²) in [5.41, 5.74) is 1.81. The molecule has 4 aromatic rings. The molecule has 222 valence electrons. The number of para-hydroxylation sites is 1. The normalized spacial score (nSPS) is 14.8. The smallest absolute Gasteiger partial charge is 0.272 e. The third-order valence-electron chi connectivity index (χ3n) is 6.63. The van der Waals surface area contributed by atoms with Crippen LogP contribution in [0.15, 0.2) is 114 Å². The van der Waals surface area contributed by atoms with Gasteiger partial charge in [-0.1, -0.05) is 36.4 Å². The zero-order valence-corrected chi connectivity index (χ0v) is 24.5. The minimum atomic E-state index is -0.638. The predicted octanol–water partition coefficient (Wildman–Crippen LogP) is 6.06. The van der Waals surface area contributed by atoms with E-state index < -0.39 is 22.9 Å². The molecule has 8 nitrogen and oxygen atoms in total. The first-order valence-corrected chi connectivity index (χ1v) is 14.7. The molecule has 1 fully saturated rings. The molecule has 0 aliphatic carbocycles. The fraction of sp³-hybridized carbons (Fsp3) is 0.118. The number of hydrogen-bond acceptors (Lipinski definition) is 6. The molecule has 2 N–H and O–H groups in total. The van der Waals surface area contributed by atoms with Crippen LogP contribution in [-0.4, -0.2) is 35.5 Å². The van der Waals surface area contributed by atoms with E-state index in [9.17, 15) is 23.6 Å². The number of nitrogens with one attached hydrogen (secondary N) is 2. The summed E-state index contributed by atoms with van der Waals surface area (Å²) >= 11 is 1.23. The molecule has 1 saturated heterocycles. The van der Waals surface area contributed by atoms with Crippen LogP contribution in [0.1, 0.15) is 29.3 Å². The highest BCUT2D eigenvalue weighted by molar-refractivity contribution is 8.00. The van der Waals surface area contributed by atoms with Crippen molar-refractivity contribution < 1.29 is 28.3 Å². The van der Waals surface area contributed by atoms with Crippen LogP contribution >= 0.6 is 11.8 Å². The first kappa shape index (κ1) is 30.2. The van der Waals surface area contributed by atoms with E-state index in [-0.39, 0.29) is 23.9 Å². The van der Waals surface area contributed by atoms with E-state index in [1.807, 2.05) is 13.0 Å². The molecule has 0 aromatic heterocycles. The van der Waals surface area contributed by atoms with Crippen LogP contribution in [-0.2, 0) is 14.4 Å². The van der Waals surface area contributed by atoms with Crippen LogP contribution in [0, 0.1) is 5.82 Å². The predicted molar refractivity (Wildman–Crippen MR) is 168 cm³/mol. The van der Waals surface area contributed by atoms with Crippen molar-refractivity contribution in [1.82, 2.24) is 5.32 Å². The summed E-state index contributed by atoms with van der Waals surface area (Å²) in [6.45, 7) is 2.29. The summed E-state index contributed by atoms with van der Waals surface area (Å²) in [4.78, 5) is 53.7. The number of hydrogen-bond donors (Lipinski definition) is 2. The molecule has 0 saturated carbocycles. The minimum absolute atomic E-state index is 0.0118. The number of nitrogens with zero attached hydrogens (tertiary/aromatic N) is 1. The number of carbonyl (C=O) groups excluding carboxylic acids is 4. The summed E-state index contributed by atoms with van der Waals surface area (Å²) < 4.78 is 19.0. The van der Waals surface area contributed by atoms with Crippen LogP contribution in [0.4, 0.5) is 15.8 Å². The quantitative estimate of drug-likeness (QED) is 0.167. The number of anilines is 2. The van der Waals surface area contributed by atoms with Crippen LogP contribution in [0.25, 0.3) is 6.08 Å². The number of ether oxygens (including phenoxy) is 1. The molecule has 1 heterocycles. The Hall–Kier alpha value is -5.22. The Morgan fingerprint density at radius 3 is 2.32 bits per heavy atom. The number of thioether (sulfide) groups is 1. The van der Waals surface area contributed by atoms with Crippen LogP contribution < -0.4 is 20.3 Å². The Balaban J connectivity index is 1.30. The van der Waals surface area contributed by atoms with Gasteiger partial charge in [0.25, 0.3) is 11.8 Å². The molecule has 1 unspecified atom stereocenters. The molecule has 1 aliphatic rings. The average Bonchev–Trinajstić information content (AvgIpc) is 3.31. The highest BCUT2D eigenvalue weighted by atomic mass is 32.2. The van der Waals surface area contributed by atoms with E-state index in [4.69, 9.17) is 4.74 Å². The standard InChI is InChI=1S/C34H28FN3O5S/c1-2-43-29-11-7-6-10-23(29)20-28(37-32(40)22-8-4-3-5-9-22)33(41)36-25-14-18-27(19-15-25)44-30-21-31(39)38(34(30)42)26-16-12-24(35)13-17-26/h3-20,30H,2,21H2,1H3,(H,36,41)(H,37,40)/b28-20-. The molecule has 0 bridgehead atoms. The first-order chi connectivity index (χ1) is 21.3. The van der Waals surface area contributed by atoms with Crippen molar-refractivity contribution in [3.8, 4) is 5.75 Å². The van der Waals surface area contributed by atoms with Gasteiger partial charge in [-0.2, -0.15) is 0 Å². The van der Waals surface area contributed by atoms with Crippen molar-refractivity contribution in [3.05, 3.63) is 126 Å². The Morgan fingerprint density at radius 1 is 0.932 bits per heavy atom. The van der Waals surface area contributed by atoms with Gasteiger partial charge in [-0.3, -0.25) is 19.2 Å². The van der Waals surface area contributed by atoms with Gasteiger partial charge in [0, 0.05) is 28.1 Å². The summed E-state index contributed by atoms with van der Waals surface area (Å²) in [6, 6.07) is 27.8. The highest BCUT2D eigenvalue weighted by Crippen LogP contribution is 2.34. The molecule has 10 heteroatoms. The molecule has 4 amide bonds. The van der Waals surface area contributed by atoms with Gasteiger partial charge >= 0.3 is 0 Å². The zero-order chi connectivity index (χ0) is 31.1. The summed E-state index contributed by atoms with van der Waals surface area (Å²) in [7, 11) is 0. The lowest BCUT2D eigenvalue weighted by Gasteiger charge is -2.15. The maximum absolute atomic E-state index is 13.4. The molecule has 1 aliphatic heterocycles. The van der Waals surface area contributed by atoms with Gasteiger partial charge in [0.15, 0.2) is 0 Å². The van der Waals surface area contributed by atoms with Gasteiger partial charge in [-0.25, -0.2) is 9.29 Å².